The number of ether oxygens (including phenoxy) is 1. The fourth-order valence-corrected chi connectivity index (χ4v) is 7.80. The van der Waals surface area contributed by atoms with Crippen molar-refractivity contribution in [1.82, 2.24) is 31.3 Å². The van der Waals surface area contributed by atoms with E-state index in [1.54, 1.807) is 5.06 Å². The Bertz CT molecular complexity index is 1930. The van der Waals surface area contributed by atoms with Crippen LogP contribution in [0, 0.1) is 5.92 Å². The molecule has 12 nitrogen and oxygen atoms in total. The average Bonchev–Trinajstić information content (AvgIpc) is 3.84. The standard InChI is InChI=1S/C41H48N6O6/c1-41(2,3)52-33-18-19-47-35(33)34-36(53-47)40(51)46-32(22-27-23-42-30-17-11-10-16-29(27)30)38(49)45-31(21-26-14-8-5-9-15-26)37(48)44-28(24-43-39(34)50)20-25-12-6-4-7-13-25/h4-17,23,28,31-36,42H,18-22,24H2,1-3H3,(H,43,50)(H,44,48)(H,45,49)(H,46,51)/t28-,31-,32-,33-,34-,35-,36+/m0/s1. The Morgan fingerprint density at radius 1 is 0.736 bits per heavy atom. The van der Waals surface area contributed by atoms with Gasteiger partial charge in [0.2, 0.25) is 17.7 Å². The molecule has 0 unspecified atom stereocenters. The number of nitrogens with one attached hydrogen (secondary N) is 5. The van der Waals surface area contributed by atoms with Crippen LogP contribution in [0.25, 0.3) is 10.9 Å². The highest BCUT2D eigenvalue weighted by Crippen LogP contribution is 2.39. The fourth-order valence-electron chi connectivity index (χ4n) is 7.80. The number of amides is 4. The first-order valence-corrected chi connectivity index (χ1v) is 18.5. The van der Waals surface area contributed by atoms with Crippen molar-refractivity contribution < 1.29 is 28.8 Å². The summed E-state index contributed by atoms with van der Waals surface area (Å²) in [5.41, 5.74) is 3.03. The Labute approximate surface area is 309 Å². The lowest BCUT2D eigenvalue weighted by Crippen LogP contribution is -2.60. The van der Waals surface area contributed by atoms with E-state index in [0.29, 0.717) is 19.4 Å². The van der Waals surface area contributed by atoms with Gasteiger partial charge in [-0.05, 0) is 56.4 Å². The smallest absolute Gasteiger partial charge is 0.252 e. The molecule has 0 bridgehead atoms. The highest BCUT2D eigenvalue weighted by Gasteiger charge is 2.57. The molecular weight excluding hydrogens is 672 g/mol. The SMILES string of the molecule is CC(C)(C)O[C@H]1CCN2O[C@H]3C(=O)N[C@@H](Cc4c[nH]c5ccccc45)C(=O)N[C@@H](Cc4ccccc4)C(=O)N[C@@H](Cc4ccccc4)CNC(=O)[C@H]3[C@H]12. The van der Waals surface area contributed by atoms with Crippen LogP contribution in [0.5, 0.6) is 0 Å². The molecule has 3 aliphatic heterocycles. The van der Waals surface area contributed by atoms with E-state index in [2.05, 4.69) is 26.3 Å². The largest absolute Gasteiger partial charge is 0.371 e. The average molecular weight is 721 g/mol. The van der Waals surface area contributed by atoms with E-state index in [4.69, 9.17) is 9.57 Å². The van der Waals surface area contributed by atoms with Gasteiger partial charge in [-0.2, -0.15) is 5.06 Å². The Kier molecular flexibility index (Phi) is 10.6. The highest BCUT2D eigenvalue weighted by molar-refractivity contribution is 5.96. The van der Waals surface area contributed by atoms with Crippen LogP contribution in [0.4, 0.5) is 0 Å². The number of hydrogen-bond donors (Lipinski definition) is 5. The monoisotopic (exact) mass is 720 g/mol. The molecule has 0 spiro atoms. The number of carbonyl (C=O) groups is 4. The second kappa shape index (κ2) is 15.5. The quantitative estimate of drug-likeness (QED) is 0.197. The van der Waals surface area contributed by atoms with Crippen LogP contribution in [0.1, 0.15) is 43.9 Å². The number of H-pyrrole nitrogens is 1. The summed E-state index contributed by atoms with van der Waals surface area (Å²) in [6.45, 7) is 6.44. The summed E-state index contributed by atoms with van der Waals surface area (Å²) >= 11 is 0. The van der Waals surface area contributed by atoms with E-state index in [-0.39, 0.29) is 31.4 Å². The summed E-state index contributed by atoms with van der Waals surface area (Å²) in [6, 6.07) is 23.8. The number of hydroxylamine groups is 2. The van der Waals surface area contributed by atoms with Gasteiger partial charge in [0.05, 0.1) is 29.7 Å². The molecular formula is C41H48N6O6. The molecule has 0 saturated carbocycles. The van der Waals surface area contributed by atoms with E-state index in [0.717, 1.165) is 27.6 Å². The molecule has 3 saturated heterocycles. The van der Waals surface area contributed by atoms with Crippen molar-refractivity contribution in [3.63, 3.8) is 0 Å². The van der Waals surface area contributed by atoms with Crippen molar-refractivity contribution >= 4 is 34.5 Å². The zero-order valence-corrected chi connectivity index (χ0v) is 30.3. The predicted molar refractivity (Wildman–Crippen MR) is 199 cm³/mol. The molecule has 53 heavy (non-hydrogen) atoms. The first-order chi connectivity index (χ1) is 25.5. The van der Waals surface area contributed by atoms with Crippen LogP contribution in [-0.2, 0) is 48.0 Å². The topological polar surface area (TPSA) is 154 Å². The summed E-state index contributed by atoms with van der Waals surface area (Å²) in [5, 5.41) is 14.7. The predicted octanol–water partition coefficient (Wildman–Crippen LogP) is 2.97. The Morgan fingerprint density at radius 2 is 1.36 bits per heavy atom. The van der Waals surface area contributed by atoms with Crippen molar-refractivity contribution in [3.05, 3.63) is 108 Å². The molecule has 12 heteroatoms. The van der Waals surface area contributed by atoms with Gasteiger partial charge in [-0.15, -0.1) is 0 Å². The fraction of sp³-hybridized carbons (Fsp3) is 0.415. The van der Waals surface area contributed by atoms with Crippen molar-refractivity contribution in [2.75, 3.05) is 13.1 Å². The molecule has 3 fully saturated rings. The first kappa shape index (κ1) is 36.3. The lowest BCUT2D eigenvalue weighted by atomic mass is 9.89. The minimum atomic E-state index is -1.21. The van der Waals surface area contributed by atoms with Crippen LogP contribution >= 0.6 is 0 Å². The summed E-state index contributed by atoms with van der Waals surface area (Å²) in [7, 11) is 0. The minimum Gasteiger partial charge on any atom is -0.371 e. The van der Waals surface area contributed by atoms with Gasteiger partial charge in [0, 0.05) is 43.0 Å². The number of aromatic nitrogens is 1. The van der Waals surface area contributed by atoms with Crippen molar-refractivity contribution in [1.29, 1.82) is 0 Å². The Balaban J connectivity index is 1.25. The zero-order valence-electron chi connectivity index (χ0n) is 30.3. The van der Waals surface area contributed by atoms with E-state index in [1.165, 1.54) is 0 Å². The minimum absolute atomic E-state index is 0.0943. The second-order valence-corrected chi connectivity index (χ2v) is 15.3. The van der Waals surface area contributed by atoms with Crippen LogP contribution in [-0.4, -0.2) is 88.7 Å². The molecule has 7 rings (SSSR count). The maximum Gasteiger partial charge on any atom is 0.252 e. The number of hydrogen-bond acceptors (Lipinski definition) is 7. The lowest BCUT2D eigenvalue weighted by molar-refractivity contribution is -0.171. The normalized spacial score (nSPS) is 27.3. The third kappa shape index (κ3) is 8.45. The van der Waals surface area contributed by atoms with E-state index >= 15 is 0 Å². The number of aromatic amines is 1. The summed E-state index contributed by atoms with van der Waals surface area (Å²) in [4.78, 5) is 66.9. The van der Waals surface area contributed by atoms with E-state index in [9.17, 15) is 19.2 Å². The van der Waals surface area contributed by atoms with Gasteiger partial charge in [-0.25, -0.2) is 0 Å². The van der Waals surface area contributed by atoms with Gasteiger partial charge in [0.1, 0.15) is 12.1 Å². The van der Waals surface area contributed by atoms with Gasteiger partial charge in [0.25, 0.3) is 5.91 Å². The Morgan fingerprint density at radius 3 is 2.08 bits per heavy atom. The molecule has 0 aliphatic carbocycles. The number of nitrogens with zero attached hydrogens (tertiary/aromatic N) is 1. The van der Waals surface area contributed by atoms with Crippen LogP contribution in [0.3, 0.4) is 0 Å². The zero-order chi connectivity index (χ0) is 37.1. The van der Waals surface area contributed by atoms with Gasteiger partial charge >= 0.3 is 0 Å². The van der Waals surface area contributed by atoms with Crippen molar-refractivity contribution in [3.8, 4) is 0 Å². The molecule has 7 atom stereocenters. The number of para-hydroxylation sites is 1. The number of fused-ring (bicyclic) bond motifs is 4. The maximum absolute atomic E-state index is 14.4. The van der Waals surface area contributed by atoms with Gasteiger partial charge in [0.15, 0.2) is 6.10 Å². The number of benzene rings is 3. The third-order valence-corrected chi connectivity index (χ3v) is 10.2. The van der Waals surface area contributed by atoms with E-state index < -0.39 is 59.5 Å². The van der Waals surface area contributed by atoms with E-state index in [1.807, 2.05) is 112 Å². The van der Waals surface area contributed by atoms with Crippen LogP contribution in [0.2, 0.25) is 0 Å². The summed E-state index contributed by atoms with van der Waals surface area (Å²) < 4.78 is 6.42. The molecule has 4 aromatic rings. The Hall–Kier alpha value is -5.04. The summed E-state index contributed by atoms with van der Waals surface area (Å²) in [6.07, 6.45) is 1.64. The second-order valence-electron chi connectivity index (χ2n) is 15.3. The molecule has 4 heterocycles. The maximum atomic E-state index is 14.4. The van der Waals surface area contributed by atoms with Crippen LogP contribution < -0.4 is 21.3 Å². The number of carbonyl (C=O) groups excluding carboxylic acids is 4. The van der Waals surface area contributed by atoms with Gasteiger partial charge in [-0.1, -0.05) is 78.9 Å². The van der Waals surface area contributed by atoms with Crippen LogP contribution in [0.15, 0.2) is 91.1 Å². The third-order valence-electron chi connectivity index (χ3n) is 10.2. The lowest BCUT2D eigenvalue weighted by Gasteiger charge is -2.32. The molecule has 3 aliphatic rings. The number of rotatable bonds is 7. The highest BCUT2D eigenvalue weighted by atomic mass is 16.7. The molecule has 5 N–H and O–H groups in total. The van der Waals surface area contributed by atoms with Crippen molar-refractivity contribution in [2.24, 2.45) is 5.92 Å². The summed E-state index contributed by atoms with van der Waals surface area (Å²) in [5.74, 6) is -2.83. The van der Waals surface area contributed by atoms with Gasteiger partial charge < -0.3 is 31.0 Å². The molecule has 1 aromatic heterocycles. The molecule has 3 aromatic carbocycles. The van der Waals surface area contributed by atoms with Crippen molar-refractivity contribution in [2.45, 2.75) is 88.4 Å². The molecule has 0 radical (unpaired) electrons. The molecule has 278 valence electrons. The molecule has 4 amide bonds. The first-order valence-electron chi connectivity index (χ1n) is 18.5. The van der Waals surface area contributed by atoms with Gasteiger partial charge in [-0.3, -0.25) is 24.0 Å².